The summed E-state index contributed by atoms with van der Waals surface area (Å²) in [6.45, 7) is 3.13. The molecule has 0 aliphatic heterocycles. The van der Waals surface area contributed by atoms with Crippen molar-refractivity contribution >= 4 is 17.6 Å². The Bertz CT molecular complexity index is 532. The Balaban J connectivity index is 3.06. The molecular weight excluding hydrogens is 311 g/mol. The highest BCUT2D eigenvalue weighted by atomic mass is 35.5. The lowest BCUT2D eigenvalue weighted by Crippen LogP contribution is -2.37. The number of rotatable bonds is 4. The summed E-state index contributed by atoms with van der Waals surface area (Å²) >= 11 is 5.75. The van der Waals surface area contributed by atoms with Gasteiger partial charge in [0.05, 0.1) is 17.5 Å². The zero-order valence-corrected chi connectivity index (χ0v) is 12.4. The van der Waals surface area contributed by atoms with E-state index in [0.717, 1.165) is 6.07 Å². The molecule has 8 heteroatoms. The maximum atomic E-state index is 12.2. The van der Waals surface area contributed by atoms with E-state index >= 15 is 0 Å². The van der Waals surface area contributed by atoms with Gasteiger partial charge in [-0.05, 0) is 31.5 Å². The minimum atomic E-state index is -4.83. The predicted octanol–water partition coefficient (Wildman–Crippen LogP) is 3.44. The Morgan fingerprint density at radius 2 is 1.90 bits per heavy atom. The fraction of sp³-hybridized carbons (Fsp3) is 0.462. The van der Waals surface area contributed by atoms with Crippen LogP contribution in [-0.4, -0.2) is 19.4 Å². The van der Waals surface area contributed by atoms with E-state index < -0.39 is 29.5 Å². The van der Waals surface area contributed by atoms with E-state index in [9.17, 15) is 18.0 Å². The minimum absolute atomic E-state index is 0.249. The first-order valence-electron chi connectivity index (χ1n) is 5.88. The molecule has 0 radical (unpaired) electrons. The van der Waals surface area contributed by atoms with Crippen LogP contribution >= 0.6 is 11.6 Å². The van der Waals surface area contributed by atoms with Gasteiger partial charge in [0, 0.05) is 6.04 Å². The average molecular weight is 326 g/mol. The molecule has 0 aromatic heterocycles. The number of benzene rings is 1. The molecule has 0 spiro atoms. The molecule has 21 heavy (non-hydrogen) atoms. The van der Waals surface area contributed by atoms with Gasteiger partial charge in [0.1, 0.15) is 5.75 Å². The maximum Gasteiger partial charge on any atom is 0.573 e. The molecule has 2 N–H and O–H groups in total. The molecule has 1 rings (SSSR count). The summed E-state index contributed by atoms with van der Waals surface area (Å²) in [6.07, 6.45) is -4.83. The van der Waals surface area contributed by atoms with Crippen LogP contribution in [0.5, 0.6) is 5.75 Å². The molecule has 0 unspecified atom stereocenters. The Hall–Kier alpha value is -1.47. The van der Waals surface area contributed by atoms with Crippen LogP contribution in [0.3, 0.4) is 0 Å². The van der Waals surface area contributed by atoms with E-state index in [1.54, 1.807) is 13.8 Å². The van der Waals surface area contributed by atoms with E-state index in [0.29, 0.717) is 5.56 Å². The number of carbonyl (C=O) groups is 1. The van der Waals surface area contributed by atoms with Gasteiger partial charge in [-0.3, -0.25) is 4.79 Å². The van der Waals surface area contributed by atoms with Gasteiger partial charge in [0.2, 0.25) is 0 Å². The molecule has 0 saturated carbocycles. The number of hydrogen-bond acceptors (Lipinski definition) is 4. The summed E-state index contributed by atoms with van der Waals surface area (Å²) in [7, 11) is 1.23. The standard InChI is InChI=1S/C13H15ClF3NO3/c1-12(2,11(19)20-3)10(18)7-4-5-9(8(14)6-7)21-13(15,16)17/h4-6,10H,18H2,1-3H3/t10-/m1/s1. The second kappa shape index (κ2) is 6.11. The van der Waals surface area contributed by atoms with Crippen molar-refractivity contribution < 1.29 is 27.4 Å². The number of halogens is 4. The fourth-order valence-corrected chi connectivity index (χ4v) is 1.95. The Morgan fingerprint density at radius 3 is 2.33 bits per heavy atom. The molecule has 0 aliphatic carbocycles. The van der Waals surface area contributed by atoms with Gasteiger partial charge >= 0.3 is 12.3 Å². The van der Waals surface area contributed by atoms with Crippen LogP contribution < -0.4 is 10.5 Å². The first-order valence-corrected chi connectivity index (χ1v) is 6.26. The normalized spacial score (nSPS) is 13.7. The number of ether oxygens (including phenoxy) is 2. The number of hydrogen-bond donors (Lipinski definition) is 1. The van der Waals surface area contributed by atoms with Gasteiger partial charge in [-0.25, -0.2) is 0 Å². The van der Waals surface area contributed by atoms with Gasteiger partial charge in [-0.15, -0.1) is 13.2 Å². The predicted molar refractivity (Wildman–Crippen MR) is 70.9 cm³/mol. The first kappa shape index (κ1) is 17.6. The van der Waals surface area contributed by atoms with Crippen LogP contribution in [0.4, 0.5) is 13.2 Å². The molecular formula is C13H15ClF3NO3. The van der Waals surface area contributed by atoms with E-state index in [1.165, 1.54) is 19.2 Å². The zero-order chi connectivity index (χ0) is 16.4. The average Bonchev–Trinajstić information content (AvgIpc) is 2.37. The molecule has 0 saturated heterocycles. The van der Waals surface area contributed by atoms with Crippen molar-refractivity contribution in [3.63, 3.8) is 0 Å². The second-order valence-corrected chi connectivity index (χ2v) is 5.34. The summed E-state index contributed by atoms with van der Waals surface area (Å²) < 4.78 is 44.9. The molecule has 0 fully saturated rings. The lowest BCUT2D eigenvalue weighted by molar-refractivity contribution is -0.274. The van der Waals surface area contributed by atoms with Gasteiger partial charge in [0.25, 0.3) is 0 Å². The largest absolute Gasteiger partial charge is 0.573 e. The summed E-state index contributed by atoms with van der Waals surface area (Å²) in [5.74, 6) is -1.07. The van der Waals surface area contributed by atoms with Gasteiger partial charge < -0.3 is 15.2 Å². The van der Waals surface area contributed by atoms with Crippen LogP contribution in [0.1, 0.15) is 25.5 Å². The monoisotopic (exact) mass is 325 g/mol. The van der Waals surface area contributed by atoms with E-state index in [-0.39, 0.29) is 5.02 Å². The summed E-state index contributed by atoms with van der Waals surface area (Å²) in [6, 6.07) is 2.81. The van der Waals surface area contributed by atoms with E-state index in [1.807, 2.05) is 0 Å². The maximum absolute atomic E-state index is 12.2. The Labute approximate surface area is 125 Å². The van der Waals surface area contributed by atoms with Crippen molar-refractivity contribution in [1.82, 2.24) is 0 Å². The lowest BCUT2D eigenvalue weighted by Gasteiger charge is -2.29. The van der Waals surface area contributed by atoms with Crippen molar-refractivity contribution in [1.29, 1.82) is 0 Å². The number of carbonyl (C=O) groups excluding carboxylic acids is 1. The van der Waals surface area contributed by atoms with Crippen molar-refractivity contribution in [2.75, 3.05) is 7.11 Å². The molecule has 1 aromatic rings. The van der Waals surface area contributed by atoms with Crippen molar-refractivity contribution in [2.24, 2.45) is 11.1 Å². The molecule has 0 heterocycles. The van der Waals surface area contributed by atoms with Gasteiger partial charge in [0.15, 0.2) is 0 Å². The summed E-state index contributed by atoms with van der Waals surface area (Å²) in [5.41, 5.74) is 5.30. The fourth-order valence-electron chi connectivity index (χ4n) is 1.72. The Morgan fingerprint density at radius 1 is 1.33 bits per heavy atom. The number of alkyl halides is 3. The van der Waals surface area contributed by atoms with Crippen LogP contribution in [-0.2, 0) is 9.53 Å². The van der Waals surface area contributed by atoms with Crippen LogP contribution in [0.15, 0.2) is 18.2 Å². The molecule has 118 valence electrons. The molecule has 1 aromatic carbocycles. The van der Waals surface area contributed by atoms with Crippen molar-refractivity contribution in [3.05, 3.63) is 28.8 Å². The highest BCUT2D eigenvalue weighted by Gasteiger charge is 2.37. The molecule has 4 nitrogen and oxygen atoms in total. The van der Waals surface area contributed by atoms with Crippen LogP contribution in [0, 0.1) is 5.41 Å². The third-order valence-corrected chi connectivity index (χ3v) is 3.33. The minimum Gasteiger partial charge on any atom is -0.469 e. The third kappa shape index (κ3) is 4.25. The summed E-state index contributed by atoms with van der Waals surface area (Å²) in [4.78, 5) is 11.7. The third-order valence-electron chi connectivity index (χ3n) is 3.03. The highest BCUT2D eigenvalue weighted by molar-refractivity contribution is 6.32. The smallest absolute Gasteiger partial charge is 0.469 e. The first-order chi connectivity index (χ1) is 9.49. The van der Waals surface area contributed by atoms with Crippen LogP contribution in [0.2, 0.25) is 5.02 Å². The van der Waals surface area contributed by atoms with E-state index in [2.05, 4.69) is 9.47 Å². The van der Waals surface area contributed by atoms with Crippen molar-refractivity contribution in [2.45, 2.75) is 26.3 Å². The topological polar surface area (TPSA) is 61.5 Å². The second-order valence-electron chi connectivity index (χ2n) is 4.93. The van der Waals surface area contributed by atoms with Gasteiger partial charge in [-0.2, -0.15) is 0 Å². The molecule has 0 bridgehead atoms. The van der Waals surface area contributed by atoms with E-state index in [4.69, 9.17) is 17.3 Å². The summed E-state index contributed by atoms with van der Waals surface area (Å²) in [5, 5.41) is -0.249. The Kier molecular flexibility index (Phi) is 5.11. The lowest BCUT2D eigenvalue weighted by atomic mass is 9.81. The van der Waals surface area contributed by atoms with Crippen molar-refractivity contribution in [3.8, 4) is 5.75 Å². The SMILES string of the molecule is COC(=O)C(C)(C)[C@H](N)c1ccc(OC(F)(F)F)c(Cl)c1. The van der Waals surface area contributed by atoms with Gasteiger partial charge in [-0.1, -0.05) is 17.7 Å². The number of esters is 1. The zero-order valence-electron chi connectivity index (χ0n) is 11.6. The molecule has 1 atom stereocenters. The molecule has 0 aliphatic rings. The number of methoxy groups -OCH3 is 1. The highest BCUT2D eigenvalue weighted by Crippen LogP contribution is 2.37. The number of nitrogens with two attached hydrogens (primary N) is 1. The van der Waals surface area contributed by atoms with Crippen LogP contribution in [0.25, 0.3) is 0 Å². The quantitative estimate of drug-likeness (QED) is 0.861. The molecule has 0 amide bonds.